The molecule has 1 aliphatic rings. The molecule has 3 heterocycles. The van der Waals surface area contributed by atoms with Crippen molar-refractivity contribution in [3.8, 4) is 16.9 Å². The average Bonchev–Trinajstić information content (AvgIpc) is 3.57. The molecule has 0 bridgehead atoms. The average molecular weight is 580 g/mol. The van der Waals surface area contributed by atoms with Crippen LogP contribution in [0.15, 0.2) is 53.5 Å². The number of aromatic nitrogens is 3. The van der Waals surface area contributed by atoms with Gasteiger partial charge in [0.05, 0.1) is 28.6 Å². The van der Waals surface area contributed by atoms with Crippen molar-refractivity contribution in [3.05, 3.63) is 81.1 Å². The summed E-state index contributed by atoms with van der Waals surface area (Å²) >= 11 is 6.23. The second-order valence-corrected chi connectivity index (χ2v) is 11.1. The van der Waals surface area contributed by atoms with E-state index in [0.717, 1.165) is 49.7 Å². The molecule has 2 aromatic carbocycles. The number of hydrogen-bond donors (Lipinski definition) is 5. The third-order valence-electron chi connectivity index (χ3n) is 7.44. The van der Waals surface area contributed by atoms with Gasteiger partial charge in [-0.3, -0.25) is 9.98 Å². The number of rotatable bonds is 10. The van der Waals surface area contributed by atoms with Crippen molar-refractivity contribution in [1.82, 2.24) is 19.9 Å². The SMILES string of the molecule is C[C@H](N)CCCc1cc(Cl)c(F)c(-c2cc3cn(-c4ccc([C@H]5CC[C@H](CCNC(=N)N)O5)cc4)c(=O)nc3[nH]2)c1. The summed E-state index contributed by atoms with van der Waals surface area (Å²) in [6.45, 7) is 2.56. The molecule has 1 aliphatic heterocycles. The molecule has 2 aromatic heterocycles. The van der Waals surface area contributed by atoms with E-state index in [-0.39, 0.29) is 29.2 Å². The van der Waals surface area contributed by atoms with Crippen LogP contribution in [0.3, 0.4) is 0 Å². The monoisotopic (exact) mass is 579 g/mol. The number of ether oxygens (including phenoxy) is 1. The van der Waals surface area contributed by atoms with Crippen molar-refractivity contribution in [2.24, 2.45) is 11.5 Å². The fourth-order valence-electron chi connectivity index (χ4n) is 5.32. The molecule has 3 atom stereocenters. The lowest BCUT2D eigenvalue weighted by atomic mass is 10.0. The first-order valence-electron chi connectivity index (χ1n) is 13.9. The fourth-order valence-corrected chi connectivity index (χ4v) is 5.56. The summed E-state index contributed by atoms with van der Waals surface area (Å²) in [4.78, 5) is 20.2. The zero-order valence-electron chi connectivity index (χ0n) is 22.9. The van der Waals surface area contributed by atoms with E-state index >= 15 is 4.39 Å². The van der Waals surface area contributed by atoms with Crippen LogP contribution in [-0.4, -0.2) is 39.2 Å². The molecule has 0 aliphatic carbocycles. The largest absolute Gasteiger partial charge is 0.370 e. The highest BCUT2D eigenvalue weighted by Gasteiger charge is 2.26. The van der Waals surface area contributed by atoms with Crippen LogP contribution in [-0.2, 0) is 11.2 Å². The molecule has 216 valence electrons. The van der Waals surface area contributed by atoms with Crippen LogP contribution in [0.5, 0.6) is 0 Å². The molecule has 4 aromatic rings. The second kappa shape index (κ2) is 12.4. The topological polar surface area (TPSA) is 148 Å². The van der Waals surface area contributed by atoms with Gasteiger partial charge in [0.15, 0.2) is 11.8 Å². The molecule has 11 heteroatoms. The maximum atomic E-state index is 15.1. The molecule has 9 nitrogen and oxygen atoms in total. The molecule has 0 spiro atoms. The van der Waals surface area contributed by atoms with E-state index in [0.29, 0.717) is 34.5 Å². The minimum absolute atomic E-state index is 0.0212. The van der Waals surface area contributed by atoms with Crippen molar-refractivity contribution in [2.75, 3.05) is 6.54 Å². The van der Waals surface area contributed by atoms with Crippen LogP contribution in [0.2, 0.25) is 5.02 Å². The number of nitrogens with zero attached hydrogens (tertiary/aromatic N) is 2. The van der Waals surface area contributed by atoms with Gasteiger partial charge in [-0.2, -0.15) is 4.98 Å². The van der Waals surface area contributed by atoms with E-state index in [1.807, 2.05) is 31.2 Å². The number of fused-ring (bicyclic) bond motifs is 1. The van der Waals surface area contributed by atoms with Crippen LogP contribution in [0.1, 0.15) is 56.3 Å². The molecule has 0 unspecified atom stereocenters. The van der Waals surface area contributed by atoms with Crippen molar-refractivity contribution < 1.29 is 9.13 Å². The van der Waals surface area contributed by atoms with Crippen molar-refractivity contribution in [1.29, 1.82) is 5.41 Å². The normalized spacial score (nSPS) is 17.7. The van der Waals surface area contributed by atoms with E-state index < -0.39 is 11.5 Å². The summed E-state index contributed by atoms with van der Waals surface area (Å²) in [5.74, 6) is -0.560. The molecule has 5 rings (SSSR count). The zero-order chi connectivity index (χ0) is 29.1. The number of benzene rings is 2. The molecular weight excluding hydrogens is 545 g/mol. The van der Waals surface area contributed by atoms with Gasteiger partial charge < -0.3 is 26.5 Å². The van der Waals surface area contributed by atoms with Crippen molar-refractivity contribution in [3.63, 3.8) is 0 Å². The number of nitrogens with one attached hydrogen (secondary N) is 3. The molecule has 0 amide bonds. The lowest BCUT2D eigenvalue weighted by molar-refractivity contribution is 0.0408. The number of guanidine groups is 1. The fraction of sp³-hybridized carbons (Fsp3) is 0.367. The Morgan fingerprint density at radius 2 is 2.07 bits per heavy atom. The highest BCUT2D eigenvalue weighted by molar-refractivity contribution is 6.31. The van der Waals surface area contributed by atoms with E-state index in [2.05, 4.69) is 15.3 Å². The third-order valence-corrected chi connectivity index (χ3v) is 7.72. The summed E-state index contributed by atoms with van der Waals surface area (Å²) in [6, 6.07) is 13.0. The minimum atomic E-state index is -0.522. The Morgan fingerprint density at radius 3 is 2.80 bits per heavy atom. The lowest BCUT2D eigenvalue weighted by Gasteiger charge is -2.15. The molecule has 0 saturated carbocycles. The van der Waals surface area contributed by atoms with Crippen LogP contribution < -0.4 is 22.5 Å². The standard InChI is InChI=1S/C30H35ClFN7O2/c1-17(33)3-2-4-18-13-23(27(32)24(31)14-18)25-15-20-16-39(30(40)38-28(20)37-25)21-7-5-19(6-8-21)26-10-9-22(41-26)11-12-36-29(34)35/h5-8,13-17,22,26H,2-4,9-12,33H2,1H3,(H4,34,35,36)(H,37,38,40)/t17-,22+,26+/m0/s1. The summed E-state index contributed by atoms with van der Waals surface area (Å²) < 4.78 is 22.7. The lowest BCUT2D eigenvalue weighted by Crippen LogP contribution is -2.32. The van der Waals surface area contributed by atoms with E-state index in [4.69, 9.17) is 33.2 Å². The van der Waals surface area contributed by atoms with Gasteiger partial charge >= 0.3 is 5.69 Å². The van der Waals surface area contributed by atoms with Crippen LogP contribution in [0.25, 0.3) is 28.0 Å². The summed E-state index contributed by atoms with van der Waals surface area (Å²) in [7, 11) is 0. The van der Waals surface area contributed by atoms with Crippen LogP contribution in [0.4, 0.5) is 4.39 Å². The van der Waals surface area contributed by atoms with Gasteiger partial charge in [-0.1, -0.05) is 23.7 Å². The second-order valence-electron chi connectivity index (χ2n) is 10.7. The summed E-state index contributed by atoms with van der Waals surface area (Å²) in [6.07, 6.45) is 6.88. The Labute approximate surface area is 242 Å². The molecule has 41 heavy (non-hydrogen) atoms. The van der Waals surface area contributed by atoms with Crippen LogP contribution in [0, 0.1) is 11.2 Å². The first-order chi connectivity index (χ1) is 19.7. The van der Waals surface area contributed by atoms with Crippen LogP contribution >= 0.6 is 11.6 Å². The Kier molecular flexibility index (Phi) is 8.72. The van der Waals surface area contributed by atoms with Gasteiger partial charge in [0.1, 0.15) is 5.65 Å². The van der Waals surface area contributed by atoms with Gasteiger partial charge in [0.2, 0.25) is 0 Å². The summed E-state index contributed by atoms with van der Waals surface area (Å²) in [5.41, 5.74) is 14.6. The van der Waals surface area contributed by atoms with Gasteiger partial charge in [-0.15, -0.1) is 0 Å². The molecule has 1 fully saturated rings. The maximum Gasteiger partial charge on any atom is 0.354 e. The Hall–Kier alpha value is -3.73. The summed E-state index contributed by atoms with van der Waals surface area (Å²) in [5, 5.41) is 10.8. The van der Waals surface area contributed by atoms with Crippen molar-refractivity contribution in [2.45, 2.75) is 63.7 Å². The van der Waals surface area contributed by atoms with E-state index in [1.54, 1.807) is 24.4 Å². The van der Waals surface area contributed by atoms with Gasteiger partial charge in [-0.25, -0.2) is 9.18 Å². The maximum absolute atomic E-state index is 15.1. The number of hydrogen-bond acceptors (Lipinski definition) is 5. The number of nitrogens with two attached hydrogens (primary N) is 2. The highest BCUT2D eigenvalue weighted by atomic mass is 35.5. The Balaban J connectivity index is 1.34. The van der Waals surface area contributed by atoms with Gasteiger partial charge in [0.25, 0.3) is 0 Å². The molecule has 7 N–H and O–H groups in total. The van der Waals surface area contributed by atoms with Gasteiger partial charge in [0, 0.05) is 29.7 Å². The quantitative estimate of drug-likeness (QED) is 0.133. The van der Waals surface area contributed by atoms with E-state index in [1.165, 1.54) is 4.57 Å². The first kappa shape index (κ1) is 28.8. The Morgan fingerprint density at radius 1 is 1.29 bits per heavy atom. The highest BCUT2D eigenvalue weighted by Crippen LogP contribution is 2.34. The van der Waals surface area contributed by atoms with Gasteiger partial charge in [-0.05, 0) is 86.9 Å². The predicted octanol–water partition coefficient (Wildman–Crippen LogP) is 4.94. The number of aryl methyl sites for hydroxylation is 1. The third kappa shape index (κ3) is 6.78. The van der Waals surface area contributed by atoms with E-state index in [9.17, 15) is 4.79 Å². The number of H-pyrrole nitrogens is 1. The smallest absolute Gasteiger partial charge is 0.354 e. The predicted molar refractivity (Wildman–Crippen MR) is 160 cm³/mol. The zero-order valence-corrected chi connectivity index (χ0v) is 23.7. The molecule has 1 saturated heterocycles. The molecular formula is C30H35ClFN7O2. The number of aromatic amines is 1. The molecule has 0 radical (unpaired) electrons. The Bertz CT molecular complexity index is 1600. The first-order valence-corrected chi connectivity index (χ1v) is 14.3. The minimum Gasteiger partial charge on any atom is -0.370 e. The van der Waals surface area contributed by atoms with Crippen molar-refractivity contribution >= 4 is 28.6 Å². The number of halogens is 2.